The van der Waals surface area contributed by atoms with Crippen molar-refractivity contribution in [2.45, 2.75) is 39.3 Å². The van der Waals surface area contributed by atoms with Crippen LogP contribution < -0.4 is 10.7 Å². The second-order valence-electron chi connectivity index (χ2n) is 5.99. The first-order valence-electron chi connectivity index (χ1n) is 7.80. The minimum Gasteiger partial charge on any atom is -0.379 e. The number of carbonyl (C=O) groups is 1. The van der Waals surface area contributed by atoms with Gasteiger partial charge >= 0.3 is 0 Å². The molecule has 2 rings (SSSR count). The van der Waals surface area contributed by atoms with E-state index in [1.54, 1.807) is 6.92 Å². The monoisotopic (exact) mass is 320 g/mol. The molecule has 0 bridgehead atoms. The maximum Gasteiger partial charge on any atom is 0.257 e. The summed E-state index contributed by atoms with van der Waals surface area (Å²) in [6.07, 6.45) is 4.04. The molecule has 0 radical (unpaired) electrons. The van der Waals surface area contributed by atoms with Crippen molar-refractivity contribution in [2.75, 3.05) is 19.8 Å². The van der Waals surface area contributed by atoms with Crippen molar-refractivity contribution in [1.29, 1.82) is 0 Å². The molecule has 0 saturated carbocycles. The van der Waals surface area contributed by atoms with Crippen LogP contribution in [0.15, 0.2) is 28.7 Å². The summed E-state index contributed by atoms with van der Waals surface area (Å²) >= 11 is 0. The number of aromatic amines is 1. The van der Waals surface area contributed by atoms with Gasteiger partial charge in [0.2, 0.25) is 0 Å². The molecule has 1 fully saturated rings. The Hall–Kier alpha value is -1.92. The molecule has 1 aromatic heterocycles. The fourth-order valence-electron chi connectivity index (χ4n) is 2.39. The normalized spacial score (nSPS) is 20.8. The number of hydrogen-bond donors (Lipinski definition) is 2. The molecule has 1 aliphatic rings. The molecule has 1 aliphatic heterocycles. The standard InChI is InChI=1S/C17H24N2O4/c1-11(2)4-7-23-16-5-6-22-10-14(16)19-17(21)13-9-18-12(3)8-15(13)20/h4,8-9,14,16H,5-7,10H2,1-3H3,(H,18,20)(H,19,21)/t14-,16+/m0/s1. The highest BCUT2D eigenvalue weighted by Gasteiger charge is 2.28. The quantitative estimate of drug-likeness (QED) is 0.807. The van der Waals surface area contributed by atoms with Crippen LogP contribution in [0.4, 0.5) is 0 Å². The summed E-state index contributed by atoms with van der Waals surface area (Å²) in [5, 5.41) is 2.85. The van der Waals surface area contributed by atoms with Gasteiger partial charge in [-0.2, -0.15) is 0 Å². The highest BCUT2D eigenvalue weighted by molar-refractivity contribution is 5.94. The van der Waals surface area contributed by atoms with Crippen LogP contribution in [0.1, 0.15) is 36.3 Å². The number of rotatable bonds is 5. The van der Waals surface area contributed by atoms with Crippen molar-refractivity contribution in [1.82, 2.24) is 10.3 Å². The van der Waals surface area contributed by atoms with E-state index in [2.05, 4.69) is 10.3 Å². The van der Waals surface area contributed by atoms with Crippen LogP contribution in [0, 0.1) is 6.92 Å². The van der Waals surface area contributed by atoms with Crippen molar-refractivity contribution in [2.24, 2.45) is 0 Å². The molecule has 23 heavy (non-hydrogen) atoms. The van der Waals surface area contributed by atoms with E-state index in [9.17, 15) is 9.59 Å². The van der Waals surface area contributed by atoms with Crippen LogP contribution >= 0.6 is 0 Å². The Bertz CT molecular complexity index is 632. The molecule has 126 valence electrons. The van der Waals surface area contributed by atoms with E-state index in [0.29, 0.717) is 26.2 Å². The third-order valence-electron chi connectivity index (χ3n) is 3.71. The van der Waals surface area contributed by atoms with Gasteiger partial charge in [0.05, 0.1) is 25.4 Å². The Labute approximate surface area is 135 Å². The summed E-state index contributed by atoms with van der Waals surface area (Å²) < 4.78 is 11.3. The lowest BCUT2D eigenvalue weighted by Crippen LogP contribution is -2.51. The number of allylic oxidation sites excluding steroid dienone is 1. The maximum absolute atomic E-state index is 12.3. The maximum atomic E-state index is 12.3. The molecule has 1 aromatic rings. The van der Waals surface area contributed by atoms with Gasteiger partial charge in [0, 0.05) is 24.6 Å². The van der Waals surface area contributed by atoms with Gasteiger partial charge in [-0.05, 0) is 27.2 Å². The van der Waals surface area contributed by atoms with Crippen LogP contribution in [-0.4, -0.2) is 42.9 Å². The van der Waals surface area contributed by atoms with Crippen molar-refractivity contribution in [3.05, 3.63) is 45.4 Å². The fourth-order valence-corrected chi connectivity index (χ4v) is 2.39. The predicted octanol–water partition coefficient (Wildman–Crippen LogP) is 1.55. The van der Waals surface area contributed by atoms with Crippen molar-refractivity contribution in [3.63, 3.8) is 0 Å². The molecule has 0 unspecified atom stereocenters. The van der Waals surface area contributed by atoms with Crippen LogP contribution in [0.5, 0.6) is 0 Å². The number of aryl methyl sites for hydroxylation is 1. The van der Waals surface area contributed by atoms with Crippen molar-refractivity contribution in [3.8, 4) is 0 Å². The number of ether oxygens (including phenoxy) is 2. The minimum atomic E-state index is -0.405. The van der Waals surface area contributed by atoms with Gasteiger partial charge in [-0.25, -0.2) is 0 Å². The Kier molecular flexibility index (Phi) is 6.12. The summed E-state index contributed by atoms with van der Waals surface area (Å²) in [5.41, 5.74) is 1.71. The molecule has 1 saturated heterocycles. The van der Waals surface area contributed by atoms with Crippen molar-refractivity contribution >= 4 is 5.91 Å². The first-order chi connectivity index (χ1) is 11.0. The number of pyridine rings is 1. The molecular formula is C17H24N2O4. The SMILES string of the molecule is CC(C)=CCO[C@@H]1CCOC[C@@H]1NC(=O)c1c[nH]c(C)cc1=O. The second-order valence-corrected chi connectivity index (χ2v) is 5.99. The van der Waals surface area contributed by atoms with Gasteiger partial charge in [-0.15, -0.1) is 0 Å². The highest BCUT2D eigenvalue weighted by Crippen LogP contribution is 2.13. The molecule has 6 nitrogen and oxygen atoms in total. The van der Waals surface area contributed by atoms with E-state index < -0.39 is 5.91 Å². The number of amides is 1. The average Bonchev–Trinajstić information content (AvgIpc) is 2.48. The zero-order valence-electron chi connectivity index (χ0n) is 13.8. The highest BCUT2D eigenvalue weighted by atomic mass is 16.5. The number of carbonyl (C=O) groups excluding carboxylic acids is 1. The van der Waals surface area contributed by atoms with E-state index in [0.717, 1.165) is 5.69 Å². The summed E-state index contributed by atoms with van der Waals surface area (Å²) in [5.74, 6) is -0.405. The fraction of sp³-hybridized carbons (Fsp3) is 0.529. The zero-order chi connectivity index (χ0) is 16.8. The van der Waals surface area contributed by atoms with Gasteiger partial charge in [0.25, 0.3) is 5.91 Å². The van der Waals surface area contributed by atoms with Crippen LogP contribution in [0.3, 0.4) is 0 Å². The van der Waals surface area contributed by atoms with E-state index in [-0.39, 0.29) is 23.1 Å². The minimum absolute atomic E-state index is 0.101. The van der Waals surface area contributed by atoms with Gasteiger partial charge < -0.3 is 19.8 Å². The largest absolute Gasteiger partial charge is 0.379 e. The van der Waals surface area contributed by atoms with E-state index >= 15 is 0 Å². The van der Waals surface area contributed by atoms with Crippen LogP contribution in [0.25, 0.3) is 0 Å². The Morgan fingerprint density at radius 1 is 1.52 bits per heavy atom. The van der Waals surface area contributed by atoms with Gasteiger partial charge in [0.15, 0.2) is 5.43 Å². The molecule has 0 spiro atoms. The third-order valence-corrected chi connectivity index (χ3v) is 3.71. The van der Waals surface area contributed by atoms with E-state index in [4.69, 9.17) is 9.47 Å². The van der Waals surface area contributed by atoms with Gasteiger partial charge in [-0.3, -0.25) is 9.59 Å². The van der Waals surface area contributed by atoms with Gasteiger partial charge in [-0.1, -0.05) is 11.6 Å². The Balaban J connectivity index is 2.01. The topological polar surface area (TPSA) is 80.4 Å². The molecule has 2 atom stereocenters. The van der Waals surface area contributed by atoms with Crippen LogP contribution in [-0.2, 0) is 9.47 Å². The lowest BCUT2D eigenvalue weighted by atomic mass is 10.1. The number of hydrogen-bond acceptors (Lipinski definition) is 4. The first-order valence-corrected chi connectivity index (χ1v) is 7.80. The molecule has 2 N–H and O–H groups in total. The summed E-state index contributed by atoms with van der Waals surface area (Å²) in [4.78, 5) is 27.1. The molecule has 0 aliphatic carbocycles. The summed E-state index contributed by atoms with van der Waals surface area (Å²) in [7, 11) is 0. The van der Waals surface area contributed by atoms with E-state index in [1.165, 1.54) is 17.8 Å². The molecule has 2 heterocycles. The first kappa shape index (κ1) is 17.4. The molecule has 1 amide bonds. The lowest BCUT2D eigenvalue weighted by molar-refractivity contribution is -0.0457. The molecular weight excluding hydrogens is 296 g/mol. The average molecular weight is 320 g/mol. The Morgan fingerprint density at radius 2 is 2.30 bits per heavy atom. The summed E-state index contributed by atoms with van der Waals surface area (Å²) in [6, 6.07) is 1.15. The van der Waals surface area contributed by atoms with Crippen LogP contribution in [0.2, 0.25) is 0 Å². The Morgan fingerprint density at radius 3 is 3.00 bits per heavy atom. The smallest absolute Gasteiger partial charge is 0.257 e. The van der Waals surface area contributed by atoms with E-state index in [1.807, 2.05) is 19.9 Å². The number of H-pyrrole nitrogens is 1. The third kappa shape index (κ3) is 5.04. The number of aromatic nitrogens is 1. The molecule has 0 aromatic carbocycles. The lowest BCUT2D eigenvalue weighted by Gasteiger charge is -2.31. The summed E-state index contributed by atoms with van der Waals surface area (Å²) in [6.45, 7) is 7.29. The second kappa shape index (κ2) is 8.08. The van der Waals surface area contributed by atoms with Gasteiger partial charge in [0.1, 0.15) is 5.56 Å². The predicted molar refractivity (Wildman–Crippen MR) is 87.7 cm³/mol. The number of nitrogens with one attached hydrogen (secondary N) is 2. The van der Waals surface area contributed by atoms with Crippen molar-refractivity contribution < 1.29 is 14.3 Å². The molecule has 6 heteroatoms. The zero-order valence-corrected chi connectivity index (χ0v) is 13.8.